The van der Waals surface area contributed by atoms with E-state index in [0.717, 1.165) is 22.0 Å². The second-order valence-corrected chi connectivity index (χ2v) is 7.74. The standard InChI is InChI=1S/C13H17Br2NOS/c1-18-13(3-2-4-13)8-16-7-9-5-10(14)12(17)11(15)6-9/h5-6,16-17H,2-4,7-8H2,1H3. The van der Waals surface area contributed by atoms with Crippen molar-refractivity contribution in [2.75, 3.05) is 12.8 Å². The van der Waals surface area contributed by atoms with Gasteiger partial charge in [0, 0.05) is 17.8 Å². The lowest BCUT2D eigenvalue weighted by Gasteiger charge is -2.40. The van der Waals surface area contributed by atoms with Crippen LogP contribution in [0.25, 0.3) is 0 Å². The van der Waals surface area contributed by atoms with Crippen molar-refractivity contribution >= 4 is 43.6 Å². The monoisotopic (exact) mass is 393 g/mol. The molecule has 1 fully saturated rings. The first-order valence-electron chi connectivity index (χ1n) is 5.99. The molecular formula is C13H17Br2NOS. The van der Waals surface area contributed by atoms with Crippen LogP contribution in [0, 0.1) is 0 Å². The van der Waals surface area contributed by atoms with Crippen LogP contribution in [-0.4, -0.2) is 22.7 Å². The summed E-state index contributed by atoms with van der Waals surface area (Å²) < 4.78 is 1.93. The van der Waals surface area contributed by atoms with E-state index in [1.165, 1.54) is 24.8 Å². The number of rotatable bonds is 5. The lowest BCUT2D eigenvalue weighted by molar-refractivity contribution is 0.345. The van der Waals surface area contributed by atoms with Gasteiger partial charge in [-0.2, -0.15) is 11.8 Å². The van der Waals surface area contributed by atoms with Crippen LogP contribution in [0.4, 0.5) is 0 Å². The molecule has 2 nitrogen and oxygen atoms in total. The Bertz CT molecular complexity index is 406. The van der Waals surface area contributed by atoms with E-state index in [1.807, 2.05) is 23.9 Å². The molecule has 0 aliphatic heterocycles. The number of aromatic hydroxyl groups is 1. The van der Waals surface area contributed by atoms with Gasteiger partial charge in [-0.05, 0) is 68.7 Å². The number of thioether (sulfide) groups is 1. The van der Waals surface area contributed by atoms with Crippen LogP contribution < -0.4 is 5.32 Å². The van der Waals surface area contributed by atoms with Crippen molar-refractivity contribution in [2.24, 2.45) is 0 Å². The molecule has 2 N–H and O–H groups in total. The van der Waals surface area contributed by atoms with Gasteiger partial charge in [0.15, 0.2) is 0 Å². The molecule has 2 rings (SSSR count). The third kappa shape index (κ3) is 3.24. The molecular weight excluding hydrogens is 378 g/mol. The minimum absolute atomic E-state index is 0.262. The number of halogens is 2. The summed E-state index contributed by atoms with van der Waals surface area (Å²) in [7, 11) is 0. The van der Waals surface area contributed by atoms with Gasteiger partial charge in [0.1, 0.15) is 5.75 Å². The summed E-state index contributed by atoms with van der Waals surface area (Å²) in [5.74, 6) is 0.262. The summed E-state index contributed by atoms with van der Waals surface area (Å²) in [5.41, 5.74) is 1.17. The summed E-state index contributed by atoms with van der Waals surface area (Å²) in [6, 6.07) is 3.92. The van der Waals surface area contributed by atoms with Crippen LogP contribution in [0.3, 0.4) is 0 Å². The van der Waals surface area contributed by atoms with Crippen LogP contribution in [0.5, 0.6) is 5.75 Å². The number of nitrogens with one attached hydrogen (secondary N) is 1. The van der Waals surface area contributed by atoms with Gasteiger partial charge < -0.3 is 10.4 Å². The zero-order valence-corrected chi connectivity index (χ0v) is 14.3. The molecule has 0 amide bonds. The first-order valence-corrected chi connectivity index (χ1v) is 8.80. The predicted octanol–water partition coefficient (Wildman–Crippen LogP) is 4.29. The molecule has 0 bridgehead atoms. The molecule has 0 heterocycles. The Balaban J connectivity index is 1.90. The Hall–Kier alpha value is 0.290. The van der Waals surface area contributed by atoms with E-state index in [2.05, 4.69) is 43.4 Å². The van der Waals surface area contributed by atoms with Gasteiger partial charge in [-0.3, -0.25) is 0 Å². The molecule has 18 heavy (non-hydrogen) atoms. The lowest BCUT2D eigenvalue weighted by Crippen LogP contribution is -2.43. The maximum atomic E-state index is 9.65. The molecule has 1 aromatic rings. The summed E-state index contributed by atoms with van der Waals surface area (Å²) in [6.07, 6.45) is 6.21. The van der Waals surface area contributed by atoms with E-state index in [0.29, 0.717) is 4.75 Å². The predicted molar refractivity (Wildman–Crippen MR) is 85.3 cm³/mol. The highest BCUT2D eigenvalue weighted by atomic mass is 79.9. The summed E-state index contributed by atoms with van der Waals surface area (Å²) in [4.78, 5) is 0. The van der Waals surface area contributed by atoms with Gasteiger partial charge in [0.05, 0.1) is 8.95 Å². The van der Waals surface area contributed by atoms with Crippen molar-refractivity contribution in [3.8, 4) is 5.75 Å². The normalized spacial score (nSPS) is 17.5. The van der Waals surface area contributed by atoms with Crippen LogP contribution in [0.15, 0.2) is 21.1 Å². The lowest BCUT2D eigenvalue weighted by atomic mass is 9.84. The molecule has 0 unspecified atom stereocenters. The van der Waals surface area contributed by atoms with E-state index in [4.69, 9.17) is 0 Å². The molecule has 0 spiro atoms. The molecule has 0 aromatic heterocycles. The minimum Gasteiger partial charge on any atom is -0.506 e. The number of phenolic OH excluding ortho intramolecular Hbond substituents is 1. The number of hydrogen-bond donors (Lipinski definition) is 2. The summed E-state index contributed by atoms with van der Waals surface area (Å²) in [6.45, 7) is 1.89. The van der Waals surface area contributed by atoms with E-state index in [1.54, 1.807) is 0 Å². The van der Waals surface area contributed by atoms with Crippen molar-refractivity contribution in [2.45, 2.75) is 30.6 Å². The number of hydrogen-bond acceptors (Lipinski definition) is 3. The number of phenols is 1. The fraction of sp³-hybridized carbons (Fsp3) is 0.538. The van der Waals surface area contributed by atoms with Gasteiger partial charge in [-0.25, -0.2) is 0 Å². The van der Waals surface area contributed by atoms with Crippen molar-refractivity contribution in [3.05, 3.63) is 26.6 Å². The summed E-state index contributed by atoms with van der Waals surface area (Å²) >= 11 is 8.69. The molecule has 1 aliphatic carbocycles. The van der Waals surface area contributed by atoms with Crippen molar-refractivity contribution in [1.29, 1.82) is 0 Å². The van der Waals surface area contributed by atoms with Crippen LogP contribution in [-0.2, 0) is 6.54 Å². The van der Waals surface area contributed by atoms with Crippen molar-refractivity contribution in [3.63, 3.8) is 0 Å². The average Bonchev–Trinajstić information content (AvgIpc) is 2.29. The highest BCUT2D eigenvalue weighted by molar-refractivity contribution is 9.11. The molecule has 0 radical (unpaired) electrons. The van der Waals surface area contributed by atoms with E-state index in [-0.39, 0.29) is 5.75 Å². The Morgan fingerprint density at radius 2 is 1.94 bits per heavy atom. The minimum atomic E-state index is 0.262. The number of benzene rings is 1. The zero-order chi connectivity index (χ0) is 13.2. The smallest absolute Gasteiger partial charge is 0.143 e. The maximum Gasteiger partial charge on any atom is 0.143 e. The molecule has 0 saturated heterocycles. The van der Waals surface area contributed by atoms with Crippen LogP contribution in [0.2, 0.25) is 0 Å². The summed E-state index contributed by atoms with van der Waals surface area (Å²) in [5, 5.41) is 13.2. The first-order chi connectivity index (χ1) is 8.56. The van der Waals surface area contributed by atoms with Crippen LogP contribution >= 0.6 is 43.6 Å². The van der Waals surface area contributed by atoms with E-state index >= 15 is 0 Å². The Labute approximate surface area is 129 Å². The second kappa shape index (κ2) is 6.16. The van der Waals surface area contributed by atoms with Crippen molar-refractivity contribution < 1.29 is 5.11 Å². The molecule has 5 heteroatoms. The Morgan fingerprint density at radius 1 is 1.33 bits per heavy atom. The molecule has 1 saturated carbocycles. The first kappa shape index (κ1) is 14.7. The van der Waals surface area contributed by atoms with E-state index < -0.39 is 0 Å². The fourth-order valence-electron chi connectivity index (χ4n) is 2.18. The molecule has 1 aromatic carbocycles. The van der Waals surface area contributed by atoms with Gasteiger partial charge in [0.25, 0.3) is 0 Å². The van der Waals surface area contributed by atoms with Gasteiger partial charge >= 0.3 is 0 Å². The zero-order valence-electron chi connectivity index (χ0n) is 10.3. The van der Waals surface area contributed by atoms with Gasteiger partial charge in [0.2, 0.25) is 0 Å². The Morgan fingerprint density at radius 3 is 2.39 bits per heavy atom. The topological polar surface area (TPSA) is 32.3 Å². The molecule has 1 aliphatic rings. The van der Waals surface area contributed by atoms with Crippen LogP contribution in [0.1, 0.15) is 24.8 Å². The largest absolute Gasteiger partial charge is 0.506 e. The quantitative estimate of drug-likeness (QED) is 0.781. The maximum absolute atomic E-state index is 9.65. The van der Waals surface area contributed by atoms with Crippen molar-refractivity contribution in [1.82, 2.24) is 5.32 Å². The average molecular weight is 395 g/mol. The second-order valence-electron chi connectivity index (χ2n) is 4.75. The van der Waals surface area contributed by atoms with E-state index in [9.17, 15) is 5.11 Å². The molecule has 0 atom stereocenters. The fourth-order valence-corrected chi connectivity index (χ4v) is 4.40. The SMILES string of the molecule is CSC1(CNCc2cc(Br)c(O)c(Br)c2)CCC1. The molecule has 100 valence electrons. The third-order valence-corrected chi connectivity index (χ3v) is 6.18. The highest BCUT2D eigenvalue weighted by Gasteiger charge is 2.35. The third-order valence-electron chi connectivity index (χ3n) is 3.55. The Kier molecular flexibility index (Phi) is 5.03. The van der Waals surface area contributed by atoms with Gasteiger partial charge in [-0.15, -0.1) is 0 Å². The highest BCUT2D eigenvalue weighted by Crippen LogP contribution is 2.42. The van der Waals surface area contributed by atoms with Gasteiger partial charge in [-0.1, -0.05) is 6.42 Å².